The minimum atomic E-state index is -1.82. The molecular formula is C19H23FO7S. The van der Waals surface area contributed by atoms with E-state index in [0.29, 0.717) is 11.3 Å². The molecule has 1 aromatic rings. The van der Waals surface area contributed by atoms with Crippen LogP contribution in [0.1, 0.15) is 32.4 Å². The first kappa shape index (κ1) is 21.2. The highest BCUT2D eigenvalue weighted by Crippen LogP contribution is 2.54. The van der Waals surface area contributed by atoms with E-state index < -0.39 is 46.3 Å². The van der Waals surface area contributed by atoms with Crippen LogP contribution in [0.4, 0.5) is 4.39 Å². The Balaban J connectivity index is 2.18. The fraction of sp³-hybridized carbons (Fsp3) is 0.579. The van der Waals surface area contributed by atoms with Gasteiger partial charge in [-0.3, -0.25) is 4.79 Å². The average molecular weight is 414 g/mol. The van der Waals surface area contributed by atoms with Gasteiger partial charge in [0.2, 0.25) is 22.3 Å². The predicted molar refractivity (Wildman–Crippen MR) is 97.9 cm³/mol. The number of fused-ring (bicyclic) bond motifs is 1. The van der Waals surface area contributed by atoms with Gasteiger partial charge in [-0.05, 0) is 37.3 Å². The van der Waals surface area contributed by atoms with E-state index >= 15 is 0 Å². The van der Waals surface area contributed by atoms with Crippen LogP contribution in [0.25, 0.3) is 0 Å². The van der Waals surface area contributed by atoms with Crippen LogP contribution >= 0.6 is 11.8 Å². The minimum absolute atomic E-state index is 0.408. The van der Waals surface area contributed by atoms with Crippen molar-refractivity contribution in [2.45, 2.75) is 50.2 Å². The van der Waals surface area contributed by atoms with Gasteiger partial charge in [0, 0.05) is 14.2 Å². The second-order valence-corrected chi connectivity index (χ2v) is 8.02. The molecule has 2 aliphatic heterocycles. The zero-order valence-electron chi connectivity index (χ0n) is 16.3. The van der Waals surface area contributed by atoms with Crippen LogP contribution in [-0.2, 0) is 33.3 Å². The Morgan fingerprint density at radius 2 is 1.75 bits per heavy atom. The maximum Gasteiger partial charge on any atom is 0.339 e. The number of carbonyl (C=O) groups is 2. The summed E-state index contributed by atoms with van der Waals surface area (Å²) in [7, 11) is 2.77. The predicted octanol–water partition coefficient (Wildman–Crippen LogP) is 2.58. The van der Waals surface area contributed by atoms with Gasteiger partial charge >= 0.3 is 5.97 Å². The lowest BCUT2D eigenvalue weighted by molar-refractivity contribution is -0.454. The Morgan fingerprint density at radius 3 is 2.29 bits per heavy atom. The molecule has 2 heterocycles. The molecule has 0 N–H and O–H groups in total. The number of thioether (sulfide) groups is 1. The number of halogens is 1. The first-order valence-electron chi connectivity index (χ1n) is 8.79. The quantitative estimate of drug-likeness (QED) is 0.681. The summed E-state index contributed by atoms with van der Waals surface area (Å²) >= 11 is 0.981. The molecule has 2 saturated heterocycles. The molecule has 7 nitrogen and oxygen atoms in total. The van der Waals surface area contributed by atoms with Crippen molar-refractivity contribution in [3.05, 3.63) is 35.6 Å². The molecule has 0 amide bonds. The summed E-state index contributed by atoms with van der Waals surface area (Å²) in [6.07, 6.45) is -2.50. The van der Waals surface area contributed by atoms with Crippen molar-refractivity contribution in [2.24, 2.45) is 0 Å². The number of hydrogen-bond donors (Lipinski definition) is 0. The fourth-order valence-corrected chi connectivity index (χ4v) is 4.22. The highest BCUT2D eigenvalue weighted by Gasteiger charge is 2.74. The third-order valence-corrected chi connectivity index (χ3v) is 6.17. The normalized spacial score (nSPS) is 37.4. The van der Waals surface area contributed by atoms with Crippen LogP contribution in [0.2, 0.25) is 0 Å². The van der Waals surface area contributed by atoms with Crippen molar-refractivity contribution in [3.8, 4) is 0 Å². The van der Waals surface area contributed by atoms with E-state index in [1.165, 1.54) is 38.5 Å². The van der Waals surface area contributed by atoms with Gasteiger partial charge in [0.05, 0.1) is 0 Å². The number of ether oxygens (including phenoxy) is 5. The molecule has 0 saturated carbocycles. The monoisotopic (exact) mass is 414 g/mol. The Morgan fingerprint density at radius 1 is 1.14 bits per heavy atom. The van der Waals surface area contributed by atoms with Crippen molar-refractivity contribution >= 4 is 22.8 Å². The van der Waals surface area contributed by atoms with Gasteiger partial charge in [0.25, 0.3) is 0 Å². The van der Waals surface area contributed by atoms with Crippen LogP contribution in [-0.4, -0.2) is 54.3 Å². The molecule has 3 rings (SSSR count). The molecule has 2 aliphatic rings. The molecule has 154 valence electrons. The second-order valence-electron chi connectivity index (χ2n) is 6.78. The van der Waals surface area contributed by atoms with Crippen molar-refractivity contribution in [1.82, 2.24) is 0 Å². The zero-order valence-corrected chi connectivity index (χ0v) is 17.1. The lowest BCUT2D eigenvalue weighted by atomic mass is 9.86. The second kappa shape index (κ2) is 7.38. The van der Waals surface area contributed by atoms with E-state index in [1.54, 1.807) is 20.8 Å². The molecule has 0 aliphatic carbocycles. The summed E-state index contributed by atoms with van der Waals surface area (Å²) in [4.78, 5) is 26.0. The summed E-state index contributed by atoms with van der Waals surface area (Å²) in [5.41, 5.74) is -1.41. The number of benzene rings is 1. The summed E-state index contributed by atoms with van der Waals surface area (Å²) in [5, 5.41) is -0.443. The lowest BCUT2D eigenvalue weighted by Gasteiger charge is -2.53. The largest absolute Gasteiger partial charge is 0.452 e. The van der Waals surface area contributed by atoms with E-state index in [0.717, 1.165) is 11.8 Å². The Labute approximate surface area is 166 Å². The molecule has 28 heavy (non-hydrogen) atoms. The molecule has 0 unspecified atom stereocenters. The van der Waals surface area contributed by atoms with Gasteiger partial charge in [-0.15, -0.1) is 0 Å². The lowest BCUT2D eigenvalue weighted by Crippen LogP contribution is -2.72. The third-order valence-electron chi connectivity index (χ3n) is 5.30. The summed E-state index contributed by atoms with van der Waals surface area (Å²) in [5.74, 6) is -3.78. The number of methoxy groups -OCH3 is 2. The van der Waals surface area contributed by atoms with Gasteiger partial charge in [-0.2, -0.15) is 0 Å². The maximum atomic E-state index is 13.4. The van der Waals surface area contributed by atoms with E-state index in [4.69, 9.17) is 23.7 Å². The zero-order chi connectivity index (χ0) is 20.7. The number of rotatable bonds is 5. The fourth-order valence-electron chi connectivity index (χ4n) is 3.48. The summed E-state index contributed by atoms with van der Waals surface area (Å²) in [6.45, 7) is 4.91. The van der Waals surface area contributed by atoms with Gasteiger partial charge in [-0.1, -0.05) is 30.8 Å². The van der Waals surface area contributed by atoms with Crippen molar-refractivity contribution in [1.29, 1.82) is 0 Å². The van der Waals surface area contributed by atoms with Crippen LogP contribution < -0.4 is 0 Å². The van der Waals surface area contributed by atoms with E-state index in [2.05, 4.69) is 0 Å². The Kier molecular flexibility index (Phi) is 5.59. The first-order valence-corrected chi connectivity index (χ1v) is 9.77. The van der Waals surface area contributed by atoms with E-state index in [9.17, 15) is 14.0 Å². The summed E-state index contributed by atoms with van der Waals surface area (Å²) in [6, 6.07) is 5.33. The standard InChI is InChI=1S/C19H23FO7S/c1-6-28-16(22)19-13(11-7-9-12(20)10-8-11)25-15(21)14(19)26-17(2,23-4)18(3,24-5)27-19/h7-10,13-14H,6H2,1-5H3/t13-,14+,17-,18-,19-/m1/s1. The van der Waals surface area contributed by atoms with Crippen LogP contribution in [0.3, 0.4) is 0 Å². The Bertz CT molecular complexity index is 772. The van der Waals surface area contributed by atoms with Gasteiger partial charge < -0.3 is 23.7 Å². The SMILES string of the molecule is CCSC(=O)[C@]12O[C@@](C)(OC)[C@](C)(OC)O[C@H]1C(=O)O[C@@H]2c1ccc(F)cc1. The molecular weight excluding hydrogens is 391 g/mol. The van der Waals surface area contributed by atoms with Crippen LogP contribution in [0.5, 0.6) is 0 Å². The Hall–Kier alpha value is -1.52. The smallest absolute Gasteiger partial charge is 0.339 e. The third kappa shape index (κ3) is 2.96. The number of esters is 1. The first-order chi connectivity index (χ1) is 13.2. The highest BCUT2D eigenvalue weighted by atomic mass is 32.2. The molecule has 0 aromatic heterocycles. The molecule has 0 spiro atoms. The van der Waals surface area contributed by atoms with Crippen molar-refractivity contribution in [3.63, 3.8) is 0 Å². The summed E-state index contributed by atoms with van der Waals surface area (Å²) < 4.78 is 42.1. The molecule has 5 atom stereocenters. The maximum absolute atomic E-state index is 13.4. The van der Waals surface area contributed by atoms with Crippen molar-refractivity contribution in [2.75, 3.05) is 20.0 Å². The molecule has 9 heteroatoms. The van der Waals surface area contributed by atoms with Crippen molar-refractivity contribution < 1.29 is 37.7 Å². The van der Waals surface area contributed by atoms with E-state index in [1.807, 2.05) is 0 Å². The number of cyclic esters (lactones) is 1. The van der Waals surface area contributed by atoms with Crippen LogP contribution in [0, 0.1) is 5.82 Å². The molecule has 0 radical (unpaired) electrons. The average Bonchev–Trinajstić information content (AvgIpc) is 2.95. The molecule has 0 bridgehead atoms. The van der Waals surface area contributed by atoms with Gasteiger partial charge in [-0.25, -0.2) is 9.18 Å². The highest BCUT2D eigenvalue weighted by molar-refractivity contribution is 8.13. The molecule has 2 fully saturated rings. The topological polar surface area (TPSA) is 80.3 Å². The number of hydrogen-bond acceptors (Lipinski definition) is 8. The van der Waals surface area contributed by atoms with Gasteiger partial charge in [0.15, 0.2) is 12.2 Å². The minimum Gasteiger partial charge on any atom is -0.452 e. The molecule has 1 aromatic carbocycles. The van der Waals surface area contributed by atoms with Gasteiger partial charge in [0.1, 0.15) is 5.82 Å². The van der Waals surface area contributed by atoms with E-state index in [-0.39, 0.29) is 0 Å². The van der Waals surface area contributed by atoms with Crippen LogP contribution in [0.15, 0.2) is 24.3 Å². The number of carbonyl (C=O) groups excluding carboxylic acids is 2.